The van der Waals surface area contributed by atoms with Gasteiger partial charge in [0.25, 0.3) is 0 Å². The monoisotopic (exact) mass is 365 g/mol. The second-order valence-corrected chi connectivity index (χ2v) is 6.08. The number of alkyl halides is 4. The first kappa shape index (κ1) is 16.6. The molecule has 1 unspecified atom stereocenters. The van der Waals surface area contributed by atoms with Gasteiger partial charge in [0.15, 0.2) is 0 Å². The Morgan fingerprint density at radius 3 is 2.57 bits per heavy atom. The molecule has 1 saturated heterocycles. The fourth-order valence-corrected chi connectivity index (χ4v) is 3.10. The Morgan fingerprint density at radius 1 is 1.24 bits per heavy atom. The number of rotatable bonds is 6. The van der Waals surface area contributed by atoms with E-state index in [1.165, 1.54) is 31.4 Å². The summed E-state index contributed by atoms with van der Waals surface area (Å²) in [6.07, 6.45) is 0.0990. The second kappa shape index (κ2) is 7.49. The lowest BCUT2D eigenvalue weighted by Crippen LogP contribution is -2.28. The Morgan fingerprint density at radius 2 is 1.95 bits per heavy atom. The lowest BCUT2D eigenvalue weighted by atomic mass is 10.1. The van der Waals surface area contributed by atoms with Crippen molar-refractivity contribution in [1.29, 1.82) is 0 Å². The van der Waals surface area contributed by atoms with Crippen LogP contribution in [0.2, 0.25) is 0 Å². The smallest absolute Gasteiger partial charge is 0.406 e. The van der Waals surface area contributed by atoms with E-state index < -0.39 is 6.36 Å². The Kier molecular flexibility index (Phi) is 5.93. The molecule has 1 aromatic rings. The SMILES string of the molecule is FC(F)(F)Oc1ccc(CN2CCCC2CCCBr)cc1. The topological polar surface area (TPSA) is 12.5 Å². The van der Waals surface area contributed by atoms with Gasteiger partial charge in [-0.1, -0.05) is 28.1 Å². The van der Waals surface area contributed by atoms with E-state index in [2.05, 4.69) is 25.6 Å². The van der Waals surface area contributed by atoms with E-state index in [-0.39, 0.29) is 5.75 Å². The summed E-state index contributed by atoms with van der Waals surface area (Å²) in [4.78, 5) is 2.42. The number of benzene rings is 1. The number of hydrogen-bond donors (Lipinski definition) is 0. The number of nitrogens with zero attached hydrogens (tertiary/aromatic N) is 1. The van der Waals surface area contributed by atoms with Crippen LogP contribution in [0.4, 0.5) is 13.2 Å². The van der Waals surface area contributed by atoms with Gasteiger partial charge in [-0.15, -0.1) is 13.2 Å². The van der Waals surface area contributed by atoms with E-state index in [1.54, 1.807) is 12.1 Å². The van der Waals surface area contributed by atoms with Gasteiger partial charge >= 0.3 is 6.36 Å². The van der Waals surface area contributed by atoms with Crippen molar-refractivity contribution < 1.29 is 17.9 Å². The largest absolute Gasteiger partial charge is 0.573 e. The summed E-state index contributed by atoms with van der Waals surface area (Å²) in [5.74, 6) is -0.163. The van der Waals surface area contributed by atoms with Crippen molar-refractivity contribution in [3.8, 4) is 5.75 Å². The number of halogens is 4. The van der Waals surface area contributed by atoms with E-state index in [4.69, 9.17) is 0 Å². The van der Waals surface area contributed by atoms with Gasteiger partial charge in [-0.25, -0.2) is 0 Å². The first-order valence-electron chi connectivity index (χ1n) is 7.12. The summed E-state index contributed by atoms with van der Waals surface area (Å²) >= 11 is 3.45. The van der Waals surface area contributed by atoms with Crippen molar-refractivity contribution in [3.05, 3.63) is 29.8 Å². The Hall–Kier alpha value is -0.750. The van der Waals surface area contributed by atoms with E-state index in [1.807, 2.05) is 0 Å². The molecule has 2 rings (SSSR count). The maximum Gasteiger partial charge on any atom is 0.573 e. The quantitative estimate of drug-likeness (QED) is 0.676. The van der Waals surface area contributed by atoms with Gasteiger partial charge in [-0.05, 0) is 49.9 Å². The maximum atomic E-state index is 12.1. The van der Waals surface area contributed by atoms with Crippen molar-refractivity contribution in [1.82, 2.24) is 4.90 Å². The van der Waals surface area contributed by atoms with Crippen LogP contribution in [0.3, 0.4) is 0 Å². The molecule has 1 atom stereocenters. The third-order valence-corrected chi connectivity index (χ3v) is 4.27. The van der Waals surface area contributed by atoms with Crippen LogP contribution in [-0.2, 0) is 6.54 Å². The average Bonchev–Trinajstić information content (AvgIpc) is 2.84. The van der Waals surface area contributed by atoms with Crippen molar-refractivity contribution in [3.63, 3.8) is 0 Å². The predicted molar refractivity (Wildman–Crippen MR) is 79.6 cm³/mol. The summed E-state index contributed by atoms with van der Waals surface area (Å²) in [6, 6.07) is 6.77. The fourth-order valence-electron chi connectivity index (χ4n) is 2.77. The molecule has 0 aliphatic carbocycles. The highest BCUT2D eigenvalue weighted by molar-refractivity contribution is 9.09. The van der Waals surface area contributed by atoms with Crippen LogP contribution in [0.15, 0.2) is 24.3 Å². The summed E-state index contributed by atoms with van der Waals surface area (Å²) in [6.45, 7) is 1.85. The molecule has 0 bridgehead atoms. The van der Waals surface area contributed by atoms with Crippen molar-refractivity contribution in [2.75, 3.05) is 11.9 Å². The molecule has 0 amide bonds. The molecule has 0 aromatic heterocycles. The van der Waals surface area contributed by atoms with E-state index in [9.17, 15) is 13.2 Å². The van der Waals surface area contributed by atoms with E-state index in [0.717, 1.165) is 30.4 Å². The number of ether oxygens (including phenoxy) is 1. The number of likely N-dealkylation sites (tertiary alicyclic amines) is 1. The van der Waals surface area contributed by atoms with Gasteiger partial charge in [-0.3, -0.25) is 4.90 Å². The third kappa shape index (κ3) is 5.51. The molecule has 6 heteroatoms. The van der Waals surface area contributed by atoms with Gasteiger partial charge in [0, 0.05) is 17.9 Å². The number of hydrogen-bond acceptors (Lipinski definition) is 2. The Balaban J connectivity index is 1.90. The summed E-state index contributed by atoms with van der Waals surface area (Å²) < 4.78 is 40.2. The lowest BCUT2D eigenvalue weighted by Gasteiger charge is -2.24. The molecule has 0 N–H and O–H groups in total. The van der Waals surface area contributed by atoms with Crippen LogP contribution in [0.5, 0.6) is 5.75 Å². The van der Waals surface area contributed by atoms with E-state index >= 15 is 0 Å². The summed E-state index contributed by atoms with van der Waals surface area (Å²) in [7, 11) is 0. The summed E-state index contributed by atoms with van der Waals surface area (Å²) in [5.41, 5.74) is 1.02. The molecule has 2 nitrogen and oxygen atoms in total. The van der Waals surface area contributed by atoms with Gasteiger partial charge in [0.05, 0.1) is 0 Å². The highest BCUT2D eigenvalue weighted by Crippen LogP contribution is 2.26. The van der Waals surface area contributed by atoms with Crippen LogP contribution in [-0.4, -0.2) is 29.2 Å². The highest BCUT2D eigenvalue weighted by Gasteiger charge is 2.31. The van der Waals surface area contributed by atoms with Crippen molar-refractivity contribution in [2.24, 2.45) is 0 Å². The van der Waals surface area contributed by atoms with Crippen LogP contribution < -0.4 is 4.74 Å². The zero-order chi connectivity index (χ0) is 15.3. The molecule has 0 saturated carbocycles. The average molecular weight is 366 g/mol. The van der Waals surface area contributed by atoms with E-state index in [0.29, 0.717) is 6.04 Å². The Labute approximate surface area is 131 Å². The molecule has 1 aromatic carbocycles. The van der Waals surface area contributed by atoms with Gasteiger partial charge < -0.3 is 4.74 Å². The van der Waals surface area contributed by atoms with Crippen LogP contribution in [0.1, 0.15) is 31.2 Å². The van der Waals surface area contributed by atoms with Gasteiger partial charge in [0.2, 0.25) is 0 Å². The third-order valence-electron chi connectivity index (χ3n) is 3.71. The minimum atomic E-state index is -4.63. The minimum Gasteiger partial charge on any atom is -0.406 e. The summed E-state index contributed by atoms with van der Waals surface area (Å²) in [5, 5.41) is 1.01. The van der Waals surface area contributed by atoms with Crippen LogP contribution in [0, 0.1) is 0 Å². The van der Waals surface area contributed by atoms with Crippen LogP contribution in [0.25, 0.3) is 0 Å². The zero-order valence-corrected chi connectivity index (χ0v) is 13.3. The molecular weight excluding hydrogens is 347 g/mol. The molecule has 1 heterocycles. The molecule has 1 aliphatic rings. The predicted octanol–water partition coefficient (Wildman–Crippen LogP) is 4.72. The molecule has 0 radical (unpaired) electrons. The van der Waals surface area contributed by atoms with Crippen molar-refractivity contribution in [2.45, 2.75) is 44.6 Å². The normalized spacial score (nSPS) is 19.9. The first-order valence-corrected chi connectivity index (χ1v) is 8.25. The molecule has 0 spiro atoms. The molecule has 1 fully saturated rings. The Bertz CT molecular complexity index is 436. The zero-order valence-electron chi connectivity index (χ0n) is 11.7. The highest BCUT2D eigenvalue weighted by atomic mass is 79.9. The molecular formula is C15H19BrF3NO. The molecule has 118 valence electrons. The lowest BCUT2D eigenvalue weighted by molar-refractivity contribution is -0.274. The molecule has 21 heavy (non-hydrogen) atoms. The maximum absolute atomic E-state index is 12.1. The van der Waals surface area contributed by atoms with Gasteiger partial charge in [-0.2, -0.15) is 0 Å². The second-order valence-electron chi connectivity index (χ2n) is 5.29. The minimum absolute atomic E-state index is 0.163. The molecule has 1 aliphatic heterocycles. The fraction of sp³-hybridized carbons (Fsp3) is 0.600. The van der Waals surface area contributed by atoms with Crippen LogP contribution >= 0.6 is 15.9 Å². The standard InChI is InChI=1S/C15H19BrF3NO/c16-9-1-3-13-4-2-10-20(13)11-12-5-7-14(8-6-12)21-15(17,18)19/h5-8,13H,1-4,9-11H2. The van der Waals surface area contributed by atoms with Gasteiger partial charge in [0.1, 0.15) is 5.75 Å². The van der Waals surface area contributed by atoms with Crippen molar-refractivity contribution >= 4 is 15.9 Å². The first-order chi connectivity index (χ1) is 9.98.